The first kappa shape index (κ1) is 13.1. The van der Waals surface area contributed by atoms with Crippen LogP contribution in [0.2, 0.25) is 0 Å². The highest BCUT2D eigenvalue weighted by Gasteiger charge is 2.43. The first-order valence-corrected chi connectivity index (χ1v) is 6.95. The minimum absolute atomic E-state index is 0.0865. The van der Waals surface area contributed by atoms with Gasteiger partial charge in [-0.1, -0.05) is 0 Å². The van der Waals surface area contributed by atoms with Crippen LogP contribution in [0, 0.1) is 12.8 Å². The smallest absolute Gasteiger partial charge is 0.101 e. The highest BCUT2D eigenvalue weighted by atomic mass is 16.6. The number of furan rings is 1. The van der Waals surface area contributed by atoms with E-state index in [-0.39, 0.29) is 11.6 Å². The number of aryl methyl sites for hydroxylation is 1. The van der Waals surface area contributed by atoms with Crippen LogP contribution < -0.4 is 11.3 Å². The van der Waals surface area contributed by atoms with E-state index in [2.05, 4.69) is 11.5 Å². The van der Waals surface area contributed by atoms with Crippen molar-refractivity contribution in [3.05, 3.63) is 23.7 Å². The van der Waals surface area contributed by atoms with E-state index in [1.54, 1.807) is 6.26 Å². The Morgan fingerprint density at radius 1 is 1.47 bits per heavy atom. The van der Waals surface area contributed by atoms with E-state index in [9.17, 15) is 0 Å². The van der Waals surface area contributed by atoms with Crippen LogP contribution in [0.5, 0.6) is 0 Å². The van der Waals surface area contributed by atoms with Gasteiger partial charge in [-0.15, -0.1) is 0 Å². The molecule has 3 unspecified atom stereocenters. The summed E-state index contributed by atoms with van der Waals surface area (Å²) in [6, 6.07) is 2.18. The number of ether oxygens (including phenoxy) is 2. The lowest BCUT2D eigenvalue weighted by atomic mass is 9.79. The van der Waals surface area contributed by atoms with Crippen LogP contribution in [0.15, 0.2) is 16.7 Å². The van der Waals surface area contributed by atoms with Crippen molar-refractivity contribution in [2.45, 2.75) is 37.8 Å². The van der Waals surface area contributed by atoms with Crippen LogP contribution in [-0.2, 0) is 9.47 Å². The van der Waals surface area contributed by atoms with Gasteiger partial charge in [0.1, 0.15) is 5.76 Å². The number of rotatable bonds is 3. The minimum Gasteiger partial charge on any atom is -0.469 e. The monoisotopic (exact) mass is 266 g/mol. The van der Waals surface area contributed by atoms with Crippen LogP contribution >= 0.6 is 0 Å². The van der Waals surface area contributed by atoms with Gasteiger partial charge in [0.25, 0.3) is 0 Å². The minimum atomic E-state index is -0.0865. The maximum Gasteiger partial charge on any atom is 0.101 e. The van der Waals surface area contributed by atoms with Gasteiger partial charge in [-0.25, -0.2) is 0 Å². The fourth-order valence-electron chi connectivity index (χ4n) is 3.34. The van der Waals surface area contributed by atoms with Gasteiger partial charge in [-0.05, 0) is 31.7 Å². The maximum atomic E-state index is 5.98. The van der Waals surface area contributed by atoms with Gasteiger partial charge in [0.05, 0.1) is 24.5 Å². The third-order valence-corrected chi connectivity index (χ3v) is 4.36. The largest absolute Gasteiger partial charge is 0.469 e. The molecule has 0 saturated carbocycles. The number of nitrogens with one attached hydrogen (secondary N) is 1. The predicted octanol–water partition coefficient (Wildman–Crippen LogP) is 1.68. The lowest BCUT2D eigenvalue weighted by Gasteiger charge is -2.40. The lowest BCUT2D eigenvalue weighted by molar-refractivity contribution is -0.103. The summed E-state index contributed by atoms with van der Waals surface area (Å²) in [7, 11) is 0. The van der Waals surface area contributed by atoms with Crippen molar-refractivity contribution in [2.75, 3.05) is 19.8 Å². The second kappa shape index (κ2) is 5.25. The molecule has 2 saturated heterocycles. The molecule has 2 aliphatic heterocycles. The van der Waals surface area contributed by atoms with Crippen molar-refractivity contribution in [3.8, 4) is 0 Å². The molecule has 3 rings (SSSR count). The summed E-state index contributed by atoms with van der Waals surface area (Å²) in [5.74, 6) is 7.14. The van der Waals surface area contributed by atoms with Crippen molar-refractivity contribution in [3.63, 3.8) is 0 Å². The molecule has 1 spiro atoms. The molecule has 0 aliphatic carbocycles. The van der Waals surface area contributed by atoms with E-state index in [4.69, 9.17) is 19.7 Å². The predicted molar refractivity (Wildman–Crippen MR) is 70.4 cm³/mol. The first-order valence-electron chi connectivity index (χ1n) is 6.95. The Kier molecular flexibility index (Phi) is 3.62. The molecule has 19 heavy (non-hydrogen) atoms. The molecule has 106 valence electrons. The van der Waals surface area contributed by atoms with Gasteiger partial charge in [-0.2, -0.15) is 0 Å². The van der Waals surface area contributed by atoms with E-state index < -0.39 is 0 Å². The molecule has 1 aromatic rings. The number of nitrogens with two attached hydrogens (primary N) is 1. The van der Waals surface area contributed by atoms with E-state index in [1.807, 2.05) is 6.92 Å². The molecule has 0 radical (unpaired) electrons. The standard InChI is InChI=1S/C14H22N2O3/c1-10-6-12(8-18-10)13(16-15)11-2-4-19-14(7-11)3-5-17-9-14/h6,8,11,13,16H,2-5,7,9,15H2,1H3. The first-order chi connectivity index (χ1) is 9.22. The highest BCUT2D eigenvalue weighted by molar-refractivity contribution is 5.18. The van der Waals surface area contributed by atoms with Crippen molar-refractivity contribution >= 4 is 0 Å². The third-order valence-electron chi connectivity index (χ3n) is 4.36. The number of hydrazine groups is 1. The average Bonchev–Trinajstić information content (AvgIpc) is 3.01. The molecule has 5 nitrogen and oxygen atoms in total. The van der Waals surface area contributed by atoms with Crippen LogP contribution in [0.25, 0.3) is 0 Å². The second-order valence-electron chi connectivity index (χ2n) is 5.72. The molecule has 0 bridgehead atoms. The quantitative estimate of drug-likeness (QED) is 0.643. The zero-order chi connectivity index (χ0) is 13.3. The average molecular weight is 266 g/mol. The highest BCUT2D eigenvalue weighted by Crippen LogP contribution is 2.40. The summed E-state index contributed by atoms with van der Waals surface area (Å²) < 4.78 is 16.9. The van der Waals surface area contributed by atoms with Gasteiger partial charge < -0.3 is 13.9 Å². The molecule has 3 atom stereocenters. The van der Waals surface area contributed by atoms with E-state index in [1.165, 1.54) is 0 Å². The van der Waals surface area contributed by atoms with Crippen molar-refractivity contribution < 1.29 is 13.9 Å². The van der Waals surface area contributed by atoms with Crippen LogP contribution in [0.1, 0.15) is 36.6 Å². The number of hydrogen-bond donors (Lipinski definition) is 2. The SMILES string of the molecule is Cc1cc(C(NN)C2CCOC3(CCOC3)C2)co1. The van der Waals surface area contributed by atoms with Gasteiger partial charge in [0.2, 0.25) is 0 Å². The molecule has 2 aliphatic rings. The van der Waals surface area contributed by atoms with Gasteiger partial charge >= 0.3 is 0 Å². The summed E-state index contributed by atoms with van der Waals surface area (Å²) in [6.45, 7) is 4.25. The molecule has 0 amide bonds. The second-order valence-corrected chi connectivity index (χ2v) is 5.72. The van der Waals surface area contributed by atoms with E-state index in [0.29, 0.717) is 12.5 Å². The van der Waals surface area contributed by atoms with Gasteiger partial charge in [0, 0.05) is 25.2 Å². The molecular weight excluding hydrogens is 244 g/mol. The molecule has 3 N–H and O–H groups in total. The molecule has 5 heteroatoms. The van der Waals surface area contributed by atoms with Crippen LogP contribution in [-0.4, -0.2) is 25.4 Å². The van der Waals surface area contributed by atoms with Gasteiger partial charge in [0.15, 0.2) is 0 Å². The summed E-state index contributed by atoms with van der Waals surface area (Å²) in [5.41, 5.74) is 3.99. The van der Waals surface area contributed by atoms with Crippen LogP contribution in [0.3, 0.4) is 0 Å². The normalized spacial score (nSPS) is 32.8. The zero-order valence-electron chi connectivity index (χ0n) is 11.4. The summed E-state index contributed by atoms with van der Waals surface area (Å²) in [4.78, 5) is 0. The summed E-state index contributed by atoms with van der Waals surface area (Å²) in [5, 5.41) is 0. The van der Waals surface area contributed by atoms with Crippen molar-refractivity contribution in [1.29, 1.82) is 0 Å². The topological polar surface area (TPSA) is 69.7 Å². The van der Waals surface area contributed by atoms with Crippen molar-refractivity contribution in [1.82, 2.24) is 5.43 Å². The summed E-state index contributed by atoms with van der Waals surface area (Å²) >= 11 is 0. The molecule has 0 aromatic carbocycles. The molecule has 1 aromatic heterocycles. The van der Waals surface area contributed by atoms with E-state index >= 15 is 0 Å². The Morgan fingerprint density at radius 2 is 2.37 bits per heavy atom. The Hall–Kier alpha value is -0.880. The Balaban J connectivity index is 1.76. The van der Waals surface area contributed by atoms with Gasteiger partial charge in [-0.3, -0.25) is 11.3 Å². The maximum absolute atomic E-state index is 5.98. The lowest BCUT2D eigenvalue weighted by Crippen LogP contribution is -2.45. The van der Waals surface area contributed by atoms with Crippen molar-refractivity contribution in [2.24, 2.45) is 11.8 Å². The fourth-order valence-corrected chi connectivity index (χ4v) is 3.34. The third kappa shape index (κ3) is 2.56. The zero-order valence-corrected chi connectivity index (χ0v) is 11.4. The van der Waals surface area contributed by atoms with E-state index in [0.717, 1.165) is 43.8 Å². The number of hydrogen-bond acceptors (Lipinski definition) is 5. The Bertz CT molecular complexity index is 426. The molecule has 3 heterocycles. The van der Waals surface area contributed by atoms with Crippen LogP contribution in [0.4, 0.5) is 0 Å². The molecule has 2 fully saturated rings. The fraction of sp³-hybridized carbons (Fsp3) is 0.714. The summed E-state index contributed by atoms with van der Waals surface area (Å²) in [6.07, 6.45) is 4.80. The Labute approximate surface area is 113 Å². The Morgan fingerprint density at radius 3 is 3.00 bits per heavy atom. The molecular formula is C14H22N2O3.